The Morgan fingerprint density at radius 2 is 1.63 bits per heavy atom. The highest BCUT2D eigenvalue weighted by Gasteiger charge is 2.28. The topological polar surface area (TPSA) is 59.2 Å². The molecule has 4 rings (SSSR count). The van der Waals surface area contributed by atoms with Crippen molar-refractivity contribution in [2.45, 2.75) is 65.5 Å². The molecular formula is C25H29N3O2. The van der Waals surface area contributed by atoms with Crippen molar-refractivity contribution in [1.82, 2.24) is 15.0 Å². The first kappa shape index (κ1) is 20.3. The van der Waals surface area contributed by atoms with Gasteiger partial charge in [-0.2, -0.15) is 4.98 Å². The summed E-state index contributed by atoms with van der Waals surface area (Å²) < 4.78 is 5.55. The highest BCUT2D eigenvalue weighted by Crippen LogP contribution is 2.26. The summed E-state index contributed by atoms with van der Waals surface area (Å²) >= 11 is 0. The minimum atomic E-state index is 0.0452. The highest BCUT2D eigenvalue weighted by molar-refractivity contribution is 5.94. The van der Waals surface area contributed by atoms with Crippen molar-refractivity contribution < 1.29 is 9.32 Å². The Morgan fingerprint density at radius 1 is 0.967 bits per heavy atom. The van der Waals surface area contributed by atoms with Gasteiger partial charge >= 0.3 is 0 Å². The first-order valence-corrected chi connectivity index (χ1v) is 10.8. The summed E-state index contributed by atoms with van der Waals surface area (Å²) in [6.45, 7) is 6.45. The number of carbonyl (C=O) groups excluding carboxylic acids is 1. The molecule has 1 amide bonds. The van der Waals surface area contributed by atoms with Crippen LogP contribution in [0.5, 0.6) is 0 Å². The summed E-state index contributed by atoms with van der Waals surface area (Å²) in [5.41, 5.74) is 5.03. The second-order valence-electron chi connectivity index (χ2n) is 8.48. The minimum absolute atomic E-state index is 0.0452. The van der Waals surface area contributed by atoms with Gasteiger partial charge in [0.25, 0.3) is 5.91 Å². The summed E-state index contributed by atoms with van der Waals surface area (Å²) in [5.74, 6) is 1.09. The number of aryl methyl sites for hydroxylation is 3. The fourth-order valence-electron chi connectivity index (χ4n) is 4.31. The molecule has 0 N–H and O–H groups in total. The largest absolute Gasteiger partial charge is 0.337 e. The van der Waals surface area contributed by atoms with Crippen LogP contribution < -0.4 is 0 Å². The van der Waals surface area contributed by atoms with Gasteiger partial charge < -0.3 is 9.42 Å². The summed E-state index contributed by atoms with van der Waals surface area (Å²) in [6, 6.07) is 14.3. The maximum Gasteiger partial charge on any atom is 0.254 e. The Labute approximate surface area is 178 Å². The van der Waals surface area contributed by atoms with Gasteiger partial charge in [-0.1, -0.05) is 71.4 Å². The number of rotatable bonds is 5. The highest BCUT2D eigenvalue weighted by atomic mass is 16.5. The molecule has 3 aromatic rings. The normalized spacial score (nSPS) is 14.6. The predicted molar refractivity (Wildman–Crippen MR) is 117 cm³/mol. The zero-order chi connectivity index (χ0) is 21.1. The first-order chi connectivity index (χ1) is 14.5. The molecule has 156 valence electrons. The van der Waals surface area contributed by atoms with Gasteiger partial charge in [-0.15, -0.1) is 0 Å². The molecule has 0 spiro atoms. The zero-order valence-corrected chi connectivity index (χ0v) is 18.0. The molecule has 0 bridgehead atoms. The number of benzene rings is 2. The van der Waals surface area contributed by atoms with Gasteiger partial charge in [0.1, 0.15) is 6.54 Å². The van der Waals surface area contributed by atoms with E-state index in [1.54, 1.807) is 0 Å². The van der Waals surface area contributed by atoms with Crippen molar-refractivity contribution in [2.75, 3.05) is 0 Å². The molecule has 0 unspecified atom stereocenters. The number of hydrogen-bond donors (Lipinski definition) is 0. The van der Waals surface area contributed by atoms with Crippen LogP contribution in [-0.4, -0.2) is 27.0 Å². The fourth-order valence-corrected chi connectivity index (χ4v) is 4.31. The molecule has 1 aromatic heterocycles. The van der Waals surface area contributed by atoms with E-state index in [0.717, 1.165) is 47.9 Å². The fraction of sp³-hybridized carbons (Fsp3) is 0.400. The molecular weight excluding hydrogens is 374 g/mol. The third kappa shape index (κ3) is 4.61. The Bertz CT molecular complexity index is 997. The number of hydrogen-bond acceptors (Lipinski definition) is 4. The lowest BCUT2D eigenvalue weighted by Gasteiger charge is -2.33. The van der Waals surface area contributed by atoms with Crippen LogP contribution in [0.3, 0.4) is 0 Å². The molecule has 5 nitrogen and oxygen atoms in total. The van der Waals surface area contributed by atoms with Gasteiger partial charge in [0, 0.05) is 17.2 Å². The van der Waals surface area contributed by atoms with Crippen molar-refractivity contribution >= 4 is 5.91 Å². The van der Waals surface area contributed by atoms with Crippen LogP contribution in [0.2, 0.25) is 0 Å². The summed E-state index contributed by atoms with van der Waals surface area (Å²) in [4.78, 5) is 20.0. The van der Waals surface area contributed by atoms with E-state index in [0.29, 0.717) is 18.3 Å². The standard InChI is InChI=1S/C25H29N3O2/c1-17-9-11-20(12-10-17)24-26-23(30-27-24)16-28(22-7-5-4-6-8-22)25(29)21-14-18(2)13-19(3)15-21/h9-15,22H,4-8,16H2,1-3H3. The molecule has 1 fully saturated rings. The van der Waals surface area contributed by atoms with E-state index < -0.39 is 0 Å². The van der Waals surface area contributed by atoms with E-state index >= 15 is 0 Å². The Kier molecular flexibility index (Phi) is 5.98. The molecule has 0 aliphatic heterocycles. The van der Waals surface area contributed by atoms with Gasteiger partial charge in [0.15, 0.2) is 0 Å². The van der Waals surface area contributed by atoms with Crippen molar-refractivity contribution in [2.24, 2.45) is 0 Å². The lowest BCUT2D eigenvalue weighted by Crippen LogP contribution is -2.41. The second kappa shape index (κ2) is 8.82. The van der Waals surface area contributed by atoms with E-state index in [4.69, 9.17) is 4.52 Å². The molecule has 1 aliphatic carbocycles. The second-order valence-corrected chi connectivity index (χ2v) is 8.48. The molecule has 0 radical (unpaired) electrons. The molecule has 0 saturated heterocycles. The molecule has 1 aliphatic rings. The molecule has 30 heavy (non-hydrogen) atoms. The lowest BCUT2D eigenvalue weighted by atomic mass is 9.93. The van der Waals surface area contributed by atoms with Crippen molar-refractivity contribution in [3.8, 4) is 11.4 Å². The van der Waals surface area contributed by atoms with Crippen LogP contribution >= 0.6 is 0 Å². The van der Waals surface area contributed by atoms with Gasteiger partial charge in [0.05, 0.1) is 0 Å². The van der Waals surface area contributed by atoms with Crippen LogP contribution in [-0.2, 0) is 6.54 Å². The van der Waals surface area contributed by atoms with Crippen LogP contribution in [0.1, 0.15) is 65.0 Å². The van der Waals surface area contributed by atoms with Crippen LogP contribution in [0.4, 0.5) is 0 Å². The SMILES string of the molecule is Cc1ccc(-c2noc(CN(C(=O)c3cc(C)cc(C)c3)C3CCCCC3)n2)cc1. The van der Waals surface area contributed by atoms with Gasteiger partial charge in [-0.3, -0.25) is 4.79 Å². The van der Waals surface area contributed by atoms with Crippen LogP contribution in [0.15, 0.2) is 47.0 Å². The van der Waals surface area contributed by atoms with Gasteiger partial charge in [-0.25, -0.2) is 0 Å². The molecule has 1 heterocycles. The van der Waals surface area contributed by atoms with E-state index in [1.807, 2.05) is 62.1 Å². The maximum atomic E-state index is 13.5. The third-order valence-corrected chi connectivity index (χ3v) is 5.83. The van der Waals surface area contributed by atoms with E-state index in [9.17, 15) is 4.79 Å². The lowest BCUT2D eigenvalue weighted by molar-refractivity contribution is 0.0586. The first-order valence-electron chi connectivity index (χ1n) is 10.8. The summed E-state index contributed by atoms with van der Waals surface area (Å²) in [7, 11) is 0. The number of carbonyl (C=O) groups is 1. The number of aromatic nitrogens is 2. The average molecular weight is 404 g/mol. The Hall–Kier alpha value is -2.95. The molecule has 5 heteroatoms. The summed E-state index contributed by atoms with van der Waals surface area (Å²) in [6.07, 6.45) is 5.59. The minimum Gasteiger partial charge on any atom is -0.337 e. The zero-order valence-electron chi connectivity index (χ0n) is 18.0. The maximum absolute atomic E-state index is 13.5. The van der Waals surface area contributed by atoms with Crippen LogP contribution in [0, 0.1) is 20.8 Å². The van der Waals surface area contributed by atoms with Crippen molar-refractivity contribution in [1.29, 1.82) is 0 Å². The Balaban J connectivity index is 1.60. The van der Waals surface area contributed by atoms with Gasteiger partial charge in [-0.05, 0) is 45.7 Å². The Morgan fingerprint density at radius 3 is 2.30 bits per heavy atom. The van der Waals surface area contributed by atoms with E-state index in [1.165, 1.54) is 12.0 Å². The molecule has 0 atom stereocenters. The third-order valence-electron chi connectivity index (χ3n) is 5.83. The molecule has 2 aromatic carbocycles. The number of nitrogens with zero attached hydrogens (tertiary/aromatic N) is 3. The predicted octanol–water partition coefficient (Wildman–Crippen LogP) is 5.64. The van der Waals surface area contributed by atoms with Crippen molar-refractivity contribution in [3.05, 3.63) is 70.6 Å². The number of amides is 1. The van der Waals surface area contributed by atoms with E-state index in [-0.39, 0.29) is 11.9 Å². The quantitative estimate of drug-likeness (QED) is 0.553. The van der Waals surface area contributed by atoms with Crippen LogP contribution in [0.25, 0.3) is 11.4 Å². The average Bonchev–Trinajstić information content (AvgIpc) is 3.21. The molecule has 1 saturated carbocycles. The van der Waals surface area contributed by atoms with Crippen molar-refractivity contribution in [3.63, 3.8) is 0 Å². The monoisotopic (exact) mass is 403 g/mol. The smallest absolute Gasteiger partial charge is 0.254 e. The van der Waals surface area contributed by atoms with E-state index in [2.05, 4.69) is 16.2 Å². The van der Waals surface area contributed by atoms with Gasteiger partial charge in [0.2, 0.25) is 11.7 Å². The summed E-state index contributed by atoms with van der Waals surface area (Å²) in [5, 5.41) is 4.15.